The van der Waals surface area contributed by atoms with Crippen LogP contribution in [0.3, 0.4) is 0 Å². The number of H-pyrrole nitrogens is 1. The Morgan fingerprint density at radius 2 is 1.89 bits per heavy atom. The monoisotopic (exact) mass is 494 g/mol. The number of hydrogen-bond donors (Lipinski definition) is 1. The summed E-state index contributed by atoms with van der Waals surface area (Å²) in [7, 11) is 1.58. The quantitative estimate of drug-likeness (QED) is 0.363. The first-order valence-corrected chi connectivity index (χ1v) is 12.9. The van der Waals surface area contributed by atoms with Crippen LogP contribution in [0.4, 0.5) is 0 Å². The molecule has 2 aliphatic heterocycles. The van der Waals surface area contributed by atoms with Gasteiger partial charge in [-0.3, -0.25) is 9.59 Å². The summed E-state index contributed by atoms with van der Waals surface area (Å²) >= 11 is 5.75. The molecule has 2 fully saturated rings. The molecule has 184 valence electrons. The topological polar surface area (TPSA) is 71.6 Å². The standard InChI is InChI=1S/C28H31ClN2O4/c1-34-25-5-3-21(14-22(25)17-32)28-27(19-8-12-35-13-9-19)23-15-20(2-4-24(23)30-28)18-6-10-31(11-7-18)26(33)16-29/h2-5,14-15,17-19,30H,6-13,16H2,1H3. The number of carbonyl (C=O) groups is 2. The van der Waals surface area contributed by atoms with Crippen molar-refractivity contribution in [1.82, 2.24) is 9.88 Å². The first-order valence-electron chi connectivity index (χ1n) is 12.3. The van der Waals surface area contributed by atoms with Gasteiger partial charge < -0.3 is 19.4 Å². The van der Waals surface area contributed by atoms with Gasteiger partial charge in [-0.05, 0) is 84.5 Å². The zero-order valence-corrected chi connectivity index (χ0v) is 20.8. The average molecular weight is 495 g/mol. The number of carbonyl (C=O) groups excluding carboxylic acids is 2. The van der Waals surface area contributed by atoms with E-state index < -0.39 is 0 Å². The number of rotatable bonds is 6. The highest BCUT2D eigenvalue weighted by Crippen LogP contribution is 2.42. The second kappa shape index (κ2) is 10.4. The first kappa shape index (κ1) is 23.9. The van der Waals surface area contributed by atoms with Crippen LogP contribution in [-0.2, 0) is 9.53 Å². The van der Waals surface area contributed by atoms with Crippen LogP contribution < -0.4 is 4.74 Å². The van der Waals surface area contributed by atoms with Crippen molar-refractivity contribution in [2.75, 3.05) is 39.3 Å². The molecule has 0 saturated carbocycles. The molecular formula is C28H31ClN2O4. The van der Waals surface area contributed by atoms with Gasteiger partial charge in [0, 0.05) is 37.2 Å². The Kier molecular flexibility index (Phi) is 7.12. The van der Waals surface area contributed by atoms with Crippen LogP contribution in [0.2, 0.25) is 0 Å². The smallest absolute Gasteiger partial charge is 0.237 e. The number of aldehydes is 1. The van der Waals surface area contributed by atoms with E-state index in [9.17, 15) is 9.59 Å². The molecule has 0 atom stereocenters. The predicted molar refractivity (Wildman–Crippen MR) is 138 cm³/mol. The molecule has 3 aromatic rings. The molecule has 0 unspecified atom stereocenters. The lowest BCUT2D eigenvalue weighted by Crippen LogP contribution is -2.38. The van der Waals surface area contributed by atoms with Gasteiger partial charge in [-0.25, -0.2) is 0 Å². The van der Waals surface area contributed by atoms with E-state index in [2.05, 4.69) is 23.2 Å². The number of halogens is 1. The highest BCUT2D eigenvalue weighted by Gasteiger charge is 2.27. The summed E-state index contributed by atoms with van der Waals surface area (Å²) in [5, 5.41) is 1.24. The van der Waals surface area contributed by atoms with Gasteiger partial charge in [-0.1, -0.05) is 6.07 Å². The minimum atomic E-state index is 0.0202. The number of amides is 1. The van der Waals surface area contributed by atoms with Crippen LogP contribution in [0.1, 0.15) is 59.0 Å². The molecule has 6 nitrogen and oxygen atoms in total. The van der Waals surface area contributed by atoms with Crippen LogP contribution in [0, 0.1) is 0 Å². The Bertz CT molecular complexity index is 1220. The first-order chi connectivity index (χ1) is 17.1. The lowest BCUT2D eigenvalue weighted by atomic mass is 9.85. The van der Waals surface area contributed by atoms with Crippen molar-refractivity contribution in [3.63, 3.8) is 0 Å². The molecule has 2 saturated heterocycles. The normalized spacial score (nSPS) is 17.6. The summed E-state index contributed by atoms with van der Waals surface area (Å²) in [6.45, 7) is 3.01. The number of aromatic amines is 1. The molecule has 0 bridgehead atoms. The molecule has 1 N–H and O–H groups in total. The van der Waals surface area contributed by atoms with Crippen LogP contribution in [0.5, 0.6) is 5.75 Å². The van der Waals surface area contributed by atoms with E-state index in [-0.39, 0.29) is 11.8 Å². The SMILES string of the molecule is COc1ccc(-c2[nH]c3ccc(C4CCN(C(=O)CCl)CC4)cc3c2C2CCOCC2)cc1C=O. The number of fused-ring (bicyclic) bond motifs is 1. The molecule has 2 aromatic carbocycles. The van der Waals surface area contributed by atoms with Crippen molar-refractivity contribution in [1.29, 1.82) is 0 Å². The number of hydrogen-bond acceptors (Lipinski definition) is 4. The molecule has 1 amide bonds. The number of piperidine rings is 1. The summed E-state index contributed by atoms with van der Waals surface area (Å²) in [6, 6.07) is 12.5. The van der Waals surface area contributed by atoms with Crippen LogP contribution in [-0.4, -0.2) is 61.4 Å². The number of ether oxygens (including phenoxy) is 2. The lowest BCUT2D eigenvalue weighted by molar-refractivity contribution is -0.129. The Balaban J connectivity index is 1.55. The second-order valence-electron chi connectivity index (χ2n) is 9.47. The van der Waals surface area contributed by atoms with Crippen molar-refractivity contribution in [2.24, 2.45) is 0 Å². The third kappa shape index (κ3) is 4.69. The number of benzene rings is 2. The van der Waals surface area contributed by atoms with Gasteiger partial charge in [-0.15, -0.1) is 11.6 Å². The Morgan fingerprint density at radius 3 is 2.57 bits per heavy atom. The van der Waals surface area contributed by atoms with Gasteiger partial charge in [0.1, 0.15) is 11.6 Å². The van der Waals surface area contributed by atoms with Crippen molar-refractivity contribution < 1.29 is 19.1 Å². The Labute approximate surface area is 210 Å². The lowest BCUT2D eigenvalue weighted by Gasteiger charge is -2.32. The molecule has 0 radical (unpaired) electrons. The summed E-state index contributed by atoms with van der Waals surface area (Å²) in [5.74, 6) is 1.45. The maximum Gasteiger partial charge on any atom is 0.237 e. The van der Waals surface area contributed by atoms with Gasteiger partial charge in [0.05, 0.1) is 18.4 Å². The van der Waals surface area contributed by atoms with E-state index in [0.717, 1.165) is 75.0 Å². The van der Waals surface area contributed by atoms with E-state index in [4.69, 9.17) is 21.1 Å². The third-order valence-corrected chi connectivity index (χ3v) is 7.80. The van der Waals surface area contributed by atoms with E-state index in [0.29, 0.717) is 23.1 Å². The van der Waals surface area contributed by atoms with E-state index in [1.54, 1.807) is 7.11 Å². The molecule has 1 aromatic heterocycles. The third-order valence-electron chi connectivity index (χ3n) is 7.57. The van der Waals surface area contributed by atoms with Crippen molar-refractivity contribution >= 4 is 34.7 Å². The second-order valence-corrected chi connectivity index (χ2v) is 9.74. The fourth-order valence-electron chi connectivity index (χ4n) is 5.65. The summed E-state index contributed by atoms with van der Waals surface area (Å²) in [4.78, 5) is 29.2. The summed E-state index contributed by atoms with van der Waals surface area (Å²) in [6.07, 6.45) is 4.68. The highest BCUT2D eigenvalue weighted by atomic mass is 35.5. The maximum absolute atomic E-state index is 12.0. The molecule has 7 heteroatoms. The fourth-order valence-corrected chi connectivity index (χ4v) is 5.82. The Morgan fingerprint density at radius 1 is 1.11 bits per heavy atom. The van der Waals surface area contributed by atoms with Crippen molar-refractivity contribution in [2.45, 2.75) is 37.5 Å². The van der Waals surface area contributed by atoms with Crippen LogP contribution in [0.15, 0.2) is 36.4 Å². The van der Waals surface area contributed by atoms with Crippen molar-refractivity contribution in [3.8, 4) is 17.0 Å². The Hall–Kier alpha value is -2.83. The minimum absolute atomic E-state index is 0.0202. The molecular weight excluding hydrogens is 464 g/mol. The van der Waals surface area contributed by atoms with E-state index in [1.807, 2.05) is 23.1 Å². The number of alkyl halides is 1. The average Bonchev–Trinajstić information content (AvgIpc) is 3.31. The molecule has 2 aliphatic rings. The molecule has 3 heterocycles. The molecule has 35 heavy (non-hydrogen) atoms. The van der Waals surface area contributed by atoms with Crippen molar-refractivity contribution in [3.05, 3.63) is 53.1 Å². The van der Waals surface area contributed by atoms with Crippen LogP contribution in [0.25, 0.3) is 22.2 Å². The fraction of sp³-hybridized carbons (Fsp3) is 0.429. The molecule has 0 spiro atoms. The number of nitrogens with one attached hydrogen (secondary N) is 1. The van der Waals surface area contributed by atoms with Crippen LogP contribution >= 0.6 is 11.6 Å². The van der Waals surface area contributed by atoms with Gasteiger partial charge in [-0.2, -0.15) is 0 Å². The summed E-state index contributed by atoms with van der Waals surface area (Å²) in [5.41, 5.74) is 6.32. The zero-order valence-electron chi connectivity index (χ0n) is 20.0. The minimum Gasteiger partial charge on any atom is -0.496 e. The molecule has 0 aliphatic carbocycles. The largest absolute Gasteiger partial charge is 0.496 e. The highest BCUT2D eigenvalue weighted by molar-refractivity contribution is 6.27. The summed E-state index contributed by atoms with van der Waals surface area (Å²) < 4.78 is 11.0. The molecule has 5 rings (SSSR count). The van der Waals surface area contributed by atoms with E-state index >= 15 is 0 Å². The predicted octanol–water partition coefficient (Wildman–Crippen LogP) is 5.49. The van der Waals surface area contributed by atoms with E-state index in [1.165, 1.54) is 16.5 Å². The maximum atomic E-state index is 12.0. The van der Waals surface area contributed by atoms with Gasteiger partial charge in [0.25, 0.3) is 0 Å². The number of nitrogens with zero attached hydrogens (tertiary/aromatic N) is 1. The number of aromatic nitrogens is 1. The van der Waals surface area contributed by atoms with Gasteiger partial charge >= 0.3 is 0 Å². The number of methoxy groups -OCH3 is 1. The van der Waals surface area contributed by atoms with Gasteiger partial charge in [0.15, 0.2) is 6.29 Å². The zero-order chi connectivity index (χ0) is 24.4. The van der Waals surface area contributed by atoms with Gasteiger partial charge in [0.2, 0.25) is 5.91 Å². The number of likely N-dealkylation sites (tertiary alicyclic amines) is 1.